The van der Waals surface area contributed by atoms with Crippen LogP contribution in [0.25, 0.3) is 22.2 Å². The number of hydrogen-bond acceptors (Lipinski definition) is 6. The van der Waals surface area contributed by atoms with E-state index in [1.807, 2.05) is 19.1 Å². The van der Waals surface area contributed by atoms with E-state index >= 15 is 0 Å². The van der Waals surface area contributed by atoms with Gasteiger partial charge in [0.1, 0.15) is 41.2 Å². The van der Waals surface area contributed by atoms with Gasteiger partial charge in [-0.2, -0.15) is 5.26 Å². The summed E-state index contributed by atoms with van der Waals surface area (Å²) in [5, 5.41) is 13.3. The summed E-state index contributed by atoms with van der Waals surface area (Å²) in [7, 11) is 0. The van der Waals surface area contributed by atoms with Crippen LogP contribution in [-0.4, -0.2) is 15.0 Å². The van der Waals surface area contributed by atoms with Gasteiger partial charge in [-0.05, 0) is 37.3 Å². The number of benzene rings is 2. The Balaban J connectivity index is 1.86. The van der Waals surface area contributed by atoms with Gasteiger partial charge in [0.05, 0.1) is 17.3 Å². The molecule has 148 valence electrons. The third-order valence-electron chi connectivity index (χ3n) is 4.72. The summed E-state index contributed by atoms with van der Waals surface area (Å²) in [6.45, 7) is 1.86. The van der Waals surface area contributed by atoms with Gasteiger partial charge in [-0.15, -0.1) is 0 Å². The van der Waals surface area contributed by atoms with Crippen LogP contribution in [0.1, 0.15) is 24.1 Å². The number of nitriles is 1. The molecule has 6 nitrogen and oxygen atoms in total. The summed E-state index contributed by atoms with van der Waals surface area (Å²) in [5.41, 5.74) is 8.12. The van der Waals surface area contributed by atoms with Crippen LogP contribution in [0.2, 0.25) is 0 Å². The third-order valence-corrected chi connectivity index (χ3v) is 4.72. The van der Waals surface area contributed by atoms with Gasteiger partial charge >= 0.3 is 0 Å². The van der Waals surface area contributed by atoms with Crippen molar-refractivity contribution < 1.29 is 8.78 Å². The number of nitrogens with one attached hydrogen (secondary N) is 1. The monoisotopic (exact) mass is 402 g/mol. The van der Waals surface area contributed by atoms with Crippen molar-refractivity contribution in [3.8, 4) is 17.3 Å². The number of hydrogen-bond donors (Lipinski definition) is 2. The van der Waals surface area contributed by atoms with E-state index in [1.54, 1.807) is 18.2 Å². The Morgan fingerprint density at radius 1 is 1.07 bits per heavy atom. The number of nitrogens with two attached hydrogens (primary N) is 1. The molecule has 3 N–H and O–H groups in total. The number of nitrogen functional groups attached to an aromatic ring is 1. The Kier molecular flexibility index (Phi) is 4.94. The Labute approximate surface area is 171 Å². The number of fused-ring (bicyclic) bond motifs is 1. The lowest BCUT2D eigenvalue weighted by Crippen LogP contribution is -2.13. The van der Waals surface area contributed by atoms with E-state index in [4.69, 9.17) is 5.73 Å². The predicted octanol–water partition coefficient (Wildman–Crippen LogP) is 4.60. The SMILES string of the molecule is C[C@H](Nc1ncnc(N)c1C#N)c1cc2ccc(F)cc2nc1-c1cccc(F)c1. The maximum absolute atomic E-state index is 13.9. The van der Waals surface area contributed by atoms with Crippen LogP contribution in [-0.2, 0) is 0 Å². The van der Waals surface area contributed by atoms with E-state index in [-0.39, 0.29) is 23.2 Å². The molecule has 0 aliphatic carbocycles. The topological polar surface area (TPSA) is 101 Å². The zero-order valence-electron chi connectivity index (χ0n) is 15.9. The van der Waals surface area contributed by atoms with Crippen molar-refractivity contribution in [1.29, 1.82) is 5.26 Å². The van der Waals surface area contributed by atoms with Gasteiger partial charge in [-0.1, -0.05) is 12.1 Å². The molecule has 0 aliphatic heterocycles. The van der Waals surface area contributed by atoms with Crippen molar-refractivity contribution in [3.63, 3.8) is 0 Å². The summed E-state index contributed by atoms with van der Waals surface area (Å²) in [5.74, 6) is -0.466. The Hall–Kier alpha value is -4.12. The number of rotatable bonds is 4. The maximum atomic E-state index is 13.9. The number of nitrogens with zero attached hydrogens (tertiary/aromatic N) is 4. The summed E-state index contributed by atoms with van der Waals surface area (Å²) >= 11 is 0. The van der Waals surface area contributed by atoms with Crippen LogP contribution in [0.3, 0.4) is 0 Å². The molecule has 0 amide bonds. The first-order valence-corrected chi connectivity index (χ1v) is 9.09. The van der Waals surface area contributed by atoms with Crippen molar-refractivity contribution in [1.82, 2.24) is 15.0 Å². The van der Waals surface area contributed by atoms with E-state index in [2.05, 4.69) is 20.3 Å². The van der Waals surface area contributed by atoms with Gasteiger partial charge in [0.25, 0.3) is 0 Å². The highest BCUT2D eigenvalue weighted by Crippen LogP contribution is 2.32. The van der Waals surface area contributed by atoms with Crippen molar-refractivity contribution in [3.05, 3.63) is 77.6 Å². The Morgan fingerprint density at radius 2 is 1.87 bits per heavy atom. The van der Waals surface area contributed by atoms with Gasteiger partial charge in [-0.3, -0.25) is 0 Å². The quantitative estimate of drug-likeness (QED) is 0.518. The third kappa shape index (κ3) is 3.61. The van der Waals surface area contributed by atoms with Crippen LogP contribution >= 0.6 is 0 Å². The lowest BCUT2D eigenvalue weighted by atomic mass is 9.98. The van der Waals surface area contributed by atoms with Gasteiger partial charge in [0, 0.05) is 22.6 Å². The van der Waals surface area contributed by atoms with Gasteiger partial charge in [0.15, 0.2) is 0 Å². The minimum Gasteiger partial charge on any atom is -0.382 e. The Bertz CT molecular complexity index is 1300. The smallest absolute Gasteiger partial charge is 0.150 e. The number of pyridine rings is 1. The number of anilines is 2. The lowest BCUT2D eigenvalue weighted by molar-refractivity contribution is 0.628. The average molecular weight is 402 g/mol. The minimum atomic E-state index is -0.408. The van der Waals surface area contributed by atoms with E-state index in [0.717, 1.165) is 10.9 Å². The highest BCUT2D eigenvalue weighted by Gasteiger charge is 2.18. The second-order valence-corrected chi connectivity index (χ2v) is 6.73. The molecule has 4 rings (SSSR count). The van der Waals surface area contributed by atoms with E-state index in [0.29, 0.717) is 16.8 Å². The molecule has 0 saturated carbocycles. The highest BCUT2D eigenvalue weighted by atomic mass is 19.1. The molecule has 8 heteroatoms. The zero-order valence-corrected chi connectivity index (χ0v) is 15.9. The van der Waals surface area contributed by atoms with Gasteiger partial charge in [-0.25, -0.2) is 23.7 Å². The van der Waals surface area contributed by atoms with Crippen LogP contribution in [0.15, 0.2) is 54.9 Å². The van der Waals surface area contributed by atoms with Crippen molar-refractivity contribution in [2.45, 2.75) is 13.0 Å². The van der Waals surface area contributed by atoms with Gasteiger partial charge < -0.3 is 11.1 Å². The predicted molar refractivity (Wildman–Crippen MR) is 110 cm³/mol. The molecular weight excluding hydrogens is 386 g/mol. The first-order valence-electron chi connectivity index (χ1n) is 9.09. The molecular formula is C22H16F2N6. The fraction of sp³-hybridized carbons (Fsp3) is 0.0909. The summed E-state index contributed by atoms with van der Waals surface area (Å²) in [4.78, 5) is 12.5. The summed E-state index contributed by atoms with van der Waals surface area (Å²) in [6.07, 6.45) is 1.26. The zero-order chi connectivity index (χ0) is 21.3. The van der Waals surface area contributed by atoms with E-state index in [9.17, 15) is 14.0 Å². The molecule has 0 bridgehead atoms. The first kappa shape index (κ1) is 19.2. The number of aromatic nitrogens is 3. The maximum Gasteiger partial charge on any atom is 0.150 e. The molecule has 0 unspecified atom stereocenters. The fourth-order valence-corrected chi connectivity index (χ4v) is 3.26. The van der Waals surface area contributed by atoms with Crippen molar-refractivity contribution in [2.24, 2.45) is 0 Å². The van der Waals surface area contributed by atoms with Crippen molar-refractivity contribution >= 4 is 22.5 Å². The van der Waals surface area contributed by atoms with Crippen LogP contribution in [0, 0.1) is 23.0 Å². The van der Waals surface area contributed by atoms with Crippen molar-refractivity contribution in [2.75, 3.05) is 11.1 Å². The Morgan fingerprint density at radius 3 is 2.63 bits per heavy atom. The molecule has 0 fully saturated rings. The molecule has 4 aromatic rings. The minimum absolute atomic E-state index is 0.0691. The van der Waals surface area contributed by atoms with E-state index in [1.165, 1.54) is 30.6 Å². The molecule has 0 spiro atoms. The molecule has 0 radical (unpaired) electrons. The number of halogens is 2. The standard InChI is InChI=1S/C22H16F2N6/c1-12(29-22-18(10-25)21(26)27-11-28-22)17-8-13-5-6-16(24)9-19(13)30-20(17)14-3-2-4-15(23)7-14/h2-9,11-12H,1H3,(H3,26,27,28,29)/t12-/m0/s1. The summed E-state index contributed by atoms with van der Waals surface area (Å²) < 4.78 is 27.6. The molecule has 0 saturated heterocycles. The molecule has 2 heterocycles. The van der Waals surface area contributed by atoms with Crippen LogP contribution < -0.4 is 11.1 Å². The molecule has 30 heavy (non-hydrogen) atoms. The van der Waals surface area contributed by atoms with Crippen LogP contribution in [0.5, 0.6) is 0 Å². The molecule has 1 atom stereocenters. The summed E-state index contributed by atoms with van der Waals surface area (Å²) in [6, 6.07) is 13.8. The lowest BCUT2D eigenvalue weighted by Gasteiger charge is -2.20. The van der Waals surface area contributed by atoms with E-state index < -0.39 is 11.6 Å². The molecule has 0 aliphatic rings. The molecule has 2 aromatic heterocycles. The second kappa shape index (κ2) is 7.72. The molecule has 2 aromatic carbocycles. The largest absolute Gasteiger partial charge is 0.382 e. The normalized spacial score (nSPS) is 11.8. The second-order valence-electron chi connectivity index (χ2n) is 6.73. The average Bonchev–Trinajstić information content (AvgIpc) is 2.73. The first-order chi connectivity index (χ1) is 14.5. The highest BCUT2D eigenvalue weighted by molar-refractivity contribution is 5.84. The van der Waals surface area contributed by atoms with Crippen LogP contribution in [0.4, 0.5) is 20.4 Å². The fourth-order valence-electron chi connectivity index (χ4n) is 3.26. The van der Waals surface area contributed by atoms with Gasteiger partial charge in [0.2, 0.25) is 0 Å².